The normalized spacial score (nSPS) is 10.4. The molecule has 0 fully saturated rings. The highest BCUT2D eigenvalue weighted by Crippen LogP contribution is 2.25. The first kappa shape index (κ1) is 8.53. The Morgan fingerprint density at radius 2 is 2.25 bits per heavy atom. The second-order valence-corrected chi connectivity index (χ2v) is 2.37. The van der Waals surface area contributed by atoms with Gasteiger partial charge in [0.05, 0.1) is 5.69 Å². The van der Waals surface area contributed by atoms with E-state index in [1.54, 1.807) is 12.3 Å². The molecule has 0 bridgehead atoms. The number of hydrogen-bond acceptors (Lipinski definition) is 2. The fourth-order valence-electron chi connectivity index (χ4n) is 1.04. The van der Waals surface area contributed by atoms with Crippen LogP contribution in [-0.4, -0.2) is 6.21 Å². The third kappa shape index (κ3) is 1.53. The Kier molecular flexibility index (Phi) is 2.64. The Bertz CT molecular complexity index is 314. The summed E-state index contributed by atoms with van der Waals surface area (Å²) in [6, 6.07) is 5.63. The maximum atomic E-state index is 5.72. The Hall–Kier alpha value is -1.57. The van der Waals surface area contributed by atoms with Crippen molar-refractivity contribution in [2.24, 2.45) is 4.99 Å². The largest absolute Gasteiger partial charge is 0.398 e. The molecule has 0 aliphatic rings. The zero-order chi connectivity index (χ0) is 8.97. The summed E-state index contributed by atoms with van der Waals surface area (Å²) in [5.74, 6) is 0. The monoisotopic (exact) mass is 160 g/mol. The molecule has 0 unspecified atom stereocenters. The van der Waals surface area contributed by atoms with Crippen molar-refractivity contribution in [3.63, 3.8) is 0 Å². The fourth-order valence-corrected chi connectivity index (χ4v) is 1.04. The van der Waals surface area contributed by atoms with E-state index >= 15 is 0 Å². The van der Waals surface area contributed by atoms with Gasteiger partial charge in [0, 0.05) is 17.5 Å². The maximum Gasteiger partial charge on any atom is 0.0718 e. The van der Waals surface area contributed by atoms with Crippen molar-refractivity contribution in [2.75, 3.05) is 5.73 Å². The molecule has 0 aromatic heterocycles. The van der Waals surface area contributed by atoms with Gasteiger partial charge < -0.3 is 5.73 Å². The van der Waals surface area contributed by atoms with Gasteiger partial charge >= 0.3 is 0 Å². The molecule has 0 saturated carbocycles. The van der Waals surface area contributed by atoms with E-state index in [1.165, 1.54) is 0 Å². The predicted octanol–water partition coefficient (Wildman–Crippen LogP) is 2.63. The van der Waals surface area contributed by atoms with Crippen LogP contribution < -0.4 is 5.73 Å². The summed E-state index contributed by atoms with van der Waals surface area (Å²) in [6.45, 7) is 5.55. The van der Waals surface area contributed by atoms with Gasteiger partial charge in [0.1, 0.15) is 0 Å². The molecule has 0 atom stereocenters. The van der Waals surface area contributed by atoms with Crippen molar-refractivity contribution < 1.29 is 0 Å². The van der Waals surface area contributed by atoms with Gasteiger partial charge in [0.2, 0.25) is 0 Å². The van der Waals surface area contributed by atoms with Crippen LogP contribution in [0.1, 0.15) is 12.5 Å². The number of anilines is 1. The van der Waals surface area contributed by atoms with Crippen LogP contribution in [-0.2, 0) is 0 Å². The van der Waals surface area contributed by atoms with Crippen molar-refractivity contribution in [3.05, 3.63) is 30.3 Å². The lowest BCUT2D eigenvalue weighted by atomic mass is 10.1. The highest BCUT2D eigenvalue weighted by atomic mass is 14.7. The first-order valence-electron chi connectivity index (χ1n) is 3.79. The minimum Gasteiger partial charge on any atom is -0.398 e. The number of rotatable bonds is 2. The SMILES string of the molecule is C=Cc1c(N)cccc1N=CC. The van der Waals surface area contributed by atoms with E-state index in [1.807, 2.05) is 25.1 Å². The number of nitrogens with two attached hydrogens (primary N) is 1. The van der Waals surface area contributed by atoms with Gasteiger partial charge in [-0.15, -0.1) is 0 Å². The Morgan fingerprint density at radius 3 is 2.83 bits per heavy atom. The van der Waals surface area contributed by atoms with E-state index in [0.717, 1.165) is 11.3 Å². The molecule has 1 rings (SSSR count). The highest BCUT2D eigenvalue weighted by molar-refractivity contribution is 5.76. The zero-order valence-corrected chi connectivity index (χ0v) is 7.12. The number of aliphatic imine (C=N–C) groups is 1. The minimum atomic E-state index is 0.716. The Labute approximate surface area is 72.4 Å². The standard InChI is InChI=1S/C10H12N2/c1-3-8-9(11)6-5-7-10(8)12-4-2/h3-7H,1,11H2,2H3. The summed E-state index contributed by atoms with van der Waals surface area (Å²) < 4.78 is 0. The van der Waals surface area contributed by atoms with Crippen molar-refractivity contribution in [3.8, 4) is 0 Å². The summed E-state index contributed by atoms with van der Waals surface area (Å²) >= 11 is 0. The average Bonchev–Trinajstić information content (AvgIpc) is 2.05. The molecule has 0 heterocycles. The summed E-state index contributed by atoms with van der Waals surface area (Å²) in [5.41, 5.74) is 8.20. The van der Waals surface area contributed by atoms with E-state index in [0.29, 0.717) is 5.69 Å². The van der Waals surface area contributed by atoms with Crippen molar-refractivity contribution in [2.45, 2.75) is 6.92 Å². The number of nitrogen functional groups attached to an aromatic ring is 1. The van der Waals surface area contributed by atoms with Gasteiger partial charge in [-0.2, -0.15) is 0 Å². The van der Waals surface area contributed by atoms with Crippen LogP contribution in [0.4, 0.5) is 11.4 Å². The molecule has 12 heavy (non-hydrogen) atoms. The third-order valence-electron chi connectivity index (χ3n) is 1.59. The Balaban J connectivity index is 3.27. The summed E-state index contributed by atoms with van der Waals surface area (Å²) in [4.78, 5) is 4.16. The molecule has 0 spiro atoms. The van der Waals surface area contributed by atoms with E-state index in [4.69, 9.17) is 5.73 Å². The van der Waals surface area contributed by atoms with Gasteiger partial charge in [0.25, 0.3) is 0 Å². The predicted molar refractivity (Wildman–Crippen MR) is 54.8 cm³/mol. The minimum absolute atomic E-state index is 0.716. The molecule has 0 aliphatic heterocycles. The van der Waals surface area contributed by atoms with E-state index < -0.39 is 0 Å². The average molecular weight is 160 g/mol. The van der Waals surface area contributed by atoms with E-state index in [9.17, 15) is 0 Å². The van der Waals surface area contributed by atoms with Crippen LogP contribution in [0.3, 0.4) is 0 Å². The molecule has 2 heteroatoms. The highest BCUT2D eigenvalue weighted by Gasteiger charge is 1.98. The first-order chi connectivity index (χ1) is 5.79. The number of nitrogens with zero attached hydrogens (tertiary/aromatic N) is 1. The molecular weight excluding hydrogens is 148 g/mol. The zero-order valence-electron chi connectivity index (χ0n) is 7.12. The van der Waals surface area contributed by atoms with Crippen LogP contribution in [0.5, 0.6) is 0 Å². The maximum absolute atomic E-state index is 5.72. The smallest absolute Gasteiger partial charge is 0.0718 e. The quantitative estimate of drug-likeness (QED) is 0.524. The van der Waals surface area contributed by atoms with Gasteiger partial charge in [-0.25, -0.2) is 0 Å². The van der Waals surface area contributed by atoms with Crippen LogP contribution >= 0.6 is 0 Å². The molecule has 0 radical (unpaired) electrons. The number of hydrogen-bond donors (Lipinski definition) is 1. The topological polar surface area (TPSA) is 38.4 Å². The summed E-state index contributed by atoms with van der Waals surface area (Å²) in [5, 5.41) is 0. The van der Waals surface area contributed by atoms with Gasteiger partial charge in [-0.05, 0) is 19.1 Å². The molecular formula is C10H12N2. The Morgan fingerprint density at radius 1 is 1.50 bits per heavy atom. The van der Waals surface area contributed by atoms with Gasteiger partial charge in [-0.3, -0.25) is 4.99 Å². The van der Waals surface area contributed by atoms with Crippen LogP contribution in [0.15, 0.2) is 29.8 Å². The second kappa shape index (κ2) is 3.72. The third-order valence-corrected chi connectivity index (χ3v) is 1.59. The van der Waals surface area contributed by atoms with Crippen LogP contribution in [0, 0.1) is 0 Å². The molecule has 2 nitrogen and oxygen atoms in total. The van der Waals surface area contributed by atoms with Crippen molar-refractivity contribution in [1.82, 2.24) is 0 Å². The van der Waals surface area contributed by atoms with E-state index in [-0.39, 0.29) is 0 Å². The first-order valence-corrected chi connectivity index (χ1v) is 3.79. The summed E-state index contributed by atoms with van der Waals surface area (Å²) in [7, 11) is 0. The molecule has 1 aromatic carbocycles. The van der Waals surface area contributed by atoms with Gasteiger partial charge in [-0.1, -0.05) is 18.7 Å². The lowest BCUT2D eigenvalue weighted by Gasteiger charge is -2.02. The molecule has 62 valence electrons. The van der Waals surface area contributed by atoms with Crippen LogP contribution in [0.2, 0.25) is 0 Å². The molecule has 2 N–H and O–H groups in total. The molecule has 1 aromatic rings. The molecule has 0 saturated heterocycles. The fraction of sp³-hybridized carbons (Fsp3) is 0.100. The van der Waals surface area contributed by atoms with Crippen LogP contribution in [0.25, 0.3) is 6.08 Å². The van der Waals surface area contributed by atoms with Crippen molar-refractivity contribution in [1.29, 1.82) is 0 Å². The molecule has 0 aliphatic carbocycles. The lowest BCUT2D eigenvalue weighted by molar-refractivity contribution is 1.50. The summed E-state index contributed by atoms with van der Waals surface area (Å²) in [6.07, 6.45) is 3.46. The van der Waals surface area contributed by atoms with E-state index in [2.05, 4.69) is 11.6 Å². The number of benzene rings is 1. The lowest BCUT2D eigenvalue weighted by Crippen LogP contribution is -1.88. The van der Waals surface area contributed by atoms with Crippen molar-refractivity contribution >= 4 is 23.7 Å². The molecule has 0 amide bonds. The second-order valence-electron chi connectivity index (χ2n) is 2.37. The van der Waals surface area contributed by atoms with Gasteiger partial charge in [0.15, 0.2) is 0 Å².